The van der Waals surface area contributed by atoms with E-state index in [0.717, 1.165) is 18.8 Å². The van der Waals surface area contributed by atoms with Crippen LogP contribution in [0.4, 0.5) is 4.79 Å². The number of hydrogen-bond acceptors (Lipinski definition) is 5. The molecule has 0 unspecified atom stereocenters. The summed E-state index contributed by atoms with van der Waals surface area (Å²) < 4.78 is 12.9. The Bertz CT molecular complexity index is 1050. The van der Waals surface area contributed by atoms with Gasteiger partial charge in [-0.15, -0.1) is 0 Å². The van der Waals surface area contributed by atoms with E-state index in [2.05, 4.69) is 29.4 Å². The molecule has 0 bridgehead atoms. The summed E-state index contributed by atoms with van der Waals surface area (Å²) in [4.78, 5) is 27.1. The average molecular weight is 480 g/mol. The number of carbonyl (C=O) groups excluding carboxylic acids is 2. The molecule has 5 rings (SSSR count). The highest BCUT2D eigenvalue weighted by molar-refractivity contribution is 5.88. The molecule has 1 aromatic carbocycles. The number of ether oxygens (including phenoxy) is 2. The smallest absolute Gasteiger partial charge is 0.359 e. The van der Waals surface area contributed by atoms with Gasteiger partial charge in [0.15, 0.2) is 5.69 Å². The fourth-order valence-corrected chi connectivity index (χ4v) is 5.96. The zero-order chi connectivity index (χ0) is 24.6. The standard InChI is InChI=1S/C28H37N3O4/c1-28(2,3)35-26(32)25-11-12-31(29-25)27(33)30-16-22-14-24(15-23(22)17-30)34-18-19-7-6-10-21(13-19)20-8-4-5-9-20/h6-7,10-13,20,22-24H,4-5,8-9,14-18H2,1-3H3/t22-,23+,24+. The van der Waals surface area contributed by atoms with Crippen molar-refractivity contribution < 1.29 is 19.1 Å². The lowest BCUT2D eigenvalue weighted by Crippen LogP contribution is -2.34. The topological polar surface area (TPSA) is 73.7 Å². The summed E-state index contributed by atoms with van der Waals surface area (Å²) in [6.07, 6.45) is 9.08. The first-order valence-corrected chi connectivity index (χ1v) is 13.0. The zero-order valence-corrected chi connectivity index (χ0v) is 21.1. The van der Waals surface area contributed by atoms with E-state index < -0.39 is 11.6 Å². The van der Waals surface area contributed by atoms with E-state index >= 15 is 0 Å². The number of benzene rings is 1. The normalized spacial score (nSPS) is 24.7. The third kappa shape index (κ3) is 5.61. The molecule has 2 aromatic rings. The average Bonchev–Trinajstić information content (AvgIpc) is 3.60. The monoisotopic (exact) mass is 479 g/mol. The zero-order valence-electron chi connectivity index (χ0n) is 21.1. The van der Waals surface area contributed by atoms with Crippen LogP contribution in [0.15, 0.2) is 36.5 Å². The van der Waals surface area contributed by atoms with E-state index in [1.165, 1.54) is 47.6 Å². The van der Waals surface area contributed by atoms with E-state index in [0.29, 0.717) is 31.5 Å². The molecule has 2 saturated carbocycles. The van der Waals surface area contributed by atoms with E-state index in [-0.39, 0.29) is 17.8 Å². The van der Waals surface area contributed by atoms with Crippen molar-refractivity contribution in [2.75, 3.05) is 13.1 Å². The van der Waals surface area contributed by atoms with Gasteiger partial charge < -0.3 is 14.4 Å². The van der Waals surface area contributed by atoms with Gasteiger partial charge in [0.25, 0.3) is 0 Å². The maximum absolute atomic E-state index is 13.0. The fourth-order valence-electron chi connectivity index (χ4n) is 5.96. The number of fused-ring (bicyclic) bond motifs is 1. The highest BCUT2D eigenvalue weighted by Gasteiger charge is 2.43. The maximum Gasteiger partial charge on any atom is 0.359 e. The molecular formula is C28H37N3O4. The van der Waals surface area contributed by atoms with Crippen LogP contribution in [0, 0.1) is 11.8 Å². The van der Waals surface area contributed by atoms with Crippen molar-refractivity contribution >= 4 is 12.0 Å². The molecule has 7 heteroatoms. The van der Waals surface area contributed by atoms with Crippen LogP contribution in [-0.2, 0) is 16.1 Å². The summed E-state index contributed by atoms with van der Waals surface area (Å²) in [6.45, 7) is 7.50. The molecular weight excluding hydrogens is 442 g/mol. The molecule has 2 heterocycles. The summed E-state index contributed by atoms with van der Waals surface area (Å²) in [5.41, 5.74) is 2.28. The molecule has 0 radical (unpaired) electrons. The number of carbonyl (C=O) groups is 2. The molecule has 1 aliphatic heterocycles. The van der Waals surface area contributed by atoms with E-state index in [1.54, 1.807) is 27.0 Å². The summed E-state index contributed by atoms with van der Waals surface area (Å²) in [6, 6.07) is 10.3. The van der Waals surface area contributed by atoms with Gasteiger partial charge in [-0.25, -0.2) is 9.59 Å². The number of esters is 1. The van der Waals surface area contributed by atoms with Gasteiger partial charge in [0.05, 0.1) is 12.7 Å². The minimum absolute atomic E-state index is 0.151. The van der Waals surface area contributed by atoms with Crippen LogP contribution in [0.1, 0.15) is 86.8 Å². The van der Waals surface area contributed by atoms with E-state index in [4.69, 9.17) is 9.47 Å². The van der Waals surface area contributed by atoms with Gasteiger partial charge in [-0.05, 0) is 81.4 Å². The summed E-state index contributed by atoms with van der Waals surface area (Å²) >= 11 is 0. The quantitative estimate of drug-likeness (QED) is 0.538. The van der Waals surface area contributed by atoms with Crippen molar-refractivity contribution in [3.63, 3.8) is 0 Å². The van der Waals surface area contributed by atoms with Gasteiger partial charge in [-0.3, -0.25) is 0 Å². The van der Waals surface area contributed by atoms with Gasteiger partial charge in [0, 0.05) is 19.3 Å². The van der Waals surface area contributed by atoms with Crippen LogP contribution in [0.3, 0.4) is 0 Å². The Hall–Kier alpha value is -2.67. The molecule has 1 saturated heterocycles. The molecule has 1 amide bonds. The Morgan fingerprint density at radius 1 is 1.06 bits per heavy atom. The molecule has 3 fully saturated rings. The largest absolute Gasteiger partial charge is 0.455 e. The van der Waals surface area contributed by atoms with Crippen LogP contribution < -0.4 is 0 Å². The second-order valence-corrected chi connectivity index (χ2v) is 11.5. The summed E-state index contributed by atoms with van der Waals surface area (Å²) in [5.74, 6) is 1.11. The molecule has 3 aliphatic rings. The Balaban J connectivity index is 1.11. The summed E-state index contributed by atoms with van der Waals surface area (Å²) in [7, 11) is 0. The van der Waals surface area contributed by atoms with Gasteiger partial charge >= 0.3 is 12.0 Å². The van der Waals surface area contributed by atoms with Crippen molar-refractivity contribution in [1.82, 2.24) is 14.7 Å². The van der Waals surface area contributed by atoms with Crippen LogP contribution in [0.5, 0.6) is 0 Å². The minimum Gasteiger partial charge on any atom is -0.455 e. The van der Waals surface area contributed by atoms with Gasteiger partial charge in [-0.1, -0.05) is 37.1 Å². The minimum atomic E-state index is -0.603. The fraction of sp³-hybridized carbons (Fsp3) is 0.607. The van der Waals surface area contributed by atoms with Crippen LogP contribution >= 0.6 is 0 Å². The maximum atomic E-state index is 13.0. The lowest BCUT2D eigenvalue weighted by molar-refractivity contribution is 0.00622. The van der Waals surface area contributed by atoms with Gasteiger partial charge in [0.1, 0.15) is 5.60 Å². The second-order valence-electron chi connectivity index (χ2n) is 11.5. The predicted molar refractivity (Wildman–Crippen MR) is 132 cm³/mol. The number of nitrogens with zero attached hydrogens (tertiary/aromatic N) is 3. The van der Waals surface area contributed by atoms with Crippen LogP contribution in [-0.4, -0.2) is 51.5 Å². The lowest BCUT2D eigenvalue weighted by Gasteiger charge is -2.20. The van der Waals surface area contributed by atoms with Crippen molar-refractivity contribution in [1.29, 1.82) is 0 Å². The lowest BCUT2D eigenvalue weighted by atomic mass is 9.96. The number of rotatable bonds is 5. The molecule has 1 aromatic heterocycles. The summed E-state index contributed by atoms with van der Waals surface area (Å²) in [5, 5.41) is 4.17. The predicted octanol–water partition coefficient (Wildman–Crippen LogP) is 5.39. The number of hydrogen-bond donors (Lipinski definition) is 0. The van der Waals surface area contributed by atoms with E-state index in [9.17, 15) is 9.59 Å². The van der Waals surface area contributed by atoms with Crippen molar-refractivity contribution in [2.24, 2.45) is 11.8 Å². The van der Waals surface area contributed by atoms with Crippen LogP contribution in [0.25, 0.3) is 0 Å². The molecule has 0 N–H and O–H groups in total. The van der Waals surface area contributed by atoms with Crippen molar-refractivity contribution in [3.8, 4) is 0 Å². The van der Waals surface area contributed by atoms with Crippen molar-refractivity contribution in [2.45, 2.75) is 83.5 Å². The molecule has 3 atom stereocenters. The first-order valence-electron chi connectivity index (χ1n) is 13.0. The molecule has 2 aliphatic carbocycles. The first-order chi connectivity index (χ1) is 16.7. The van der Waals surface area contributed by atoms with Gasteiger partial charge in [0.2, 0.25) is 0 Å². The Morgan fingerprint density at radius 2 is 1.77 bits per heavy atom. The molecule has 0 spiro atoms. The first kappa shape index (κ1) is 24.0. The number of amides is 1. The highest BCUT2D eigenvalue weighted by atomic mass is 16.6. The highest BCUT2D eigenvalue weighted by Crippen LogP contribution is 2.40. The third-order valence-electron chi connectivity index (χ3n) is 7.63. The van der Waals surface area contributed by atoms with E-state index in [1.807, 2.05) is 4.90 Å². The second kappa shape index (κ2) is 9.76. The van der Waals surface area contributed by atoms with Gasteiger partial charge in [-0.2, -0.15) is 9.78 Å². The third-order valence-corrected chi connectivity index (χ3v) is 7.63. The Labute approximate surface area is 207 Å². The SMILES string of the molecule is CC(C)(C)OC(=O)c1ccn(C(=O)N2C[C@H]3C[C@H](OCc4cccc(C5CCCC5)c4)C[C@H]3C2)n1. The number of likely N-dealkylation sites (tertiary alicyclic amines) is 1. The Morgan fingerprint density at radius 3 is 2.46 bits per heavy atom. The molecule has 188 valence electrons. The number of aromatic nitrogens is 2. The van der Waals surface area contributed by atoms with Crippen molar-refractivity contribution in [3.05, 3.63) is 53.3 Å². The molecule has 7 nitrogen and oxygen atoms in total. The Kier molecular flexibility index (Phi) is 6.71. The molecule has 35 heavy (non-hydrogen) atoms. The van der Waals surface area contributed by atoms with Crippen LogP contribution in [0.2, 0.25) is 0 Å².